The Morgan fingerprint density at radius 2 is 2.04 bits per heavy atom. The summed E-state index contributed by atoms with van der Waals surface area (Å²) in [6.07, 6.45) is 7.13. The summed E-state index contributed by atoms with van der Waals surface area (Å²) in [5.74, 6) is 0.688. The molecule has 5 nitrogen and oxygen atoms in total. The molecule has 0 radical (unpaired) electrons. The van der Waals surface area contributed by atoms with Crippen LogP contribution in [0.3, 0.4) is 0 Å². The first kappa shape index (κ1) is 16.1. The molecule has 5 heteroatoms. The molecule has 0 unspecified atom stereocenters. The second kappa shape index (κ2) is 6.14. The number of rotatable bonds is 3. The summed E-state index contributed by atoms with van der Waals surface area (Å²) in [7, 11) is 0. The molecule has 0 bridgehead atoms. The van der Waals surface area contributed by atoms with Crippen LogP contribution in [0.4, 0.5) is 5.69 Å². The Balaban J connectivity index is 1.54. The molecule has 2 heterocycles. The van der Waals surface area contributed by atoms with E-state index < -0.39 is 0 Å². The first-order valence-corrected chi connectivity index (χ1v) is 9.04. The fourth-order valence-corrected chi connectivity index (χ4v) is 4.40. The highest BCUT2D eigenvalue weighted by Crippen LogP contribution is 2.50. The summed E-state index contributed by atoms with van der Waals surface area (Å²) in [6.45, 7) is 2.53. The Morgan fingerprint density at radius 3 is 2.80 bits per heavy atom. The number of hydrogen-bond acceptors (Lipinski definition) is 3. The first-order valence-electron chi connectivity index (χ1n) is 9.04. The van der Waals surface area contributed by atoms with E-state index in [4.69, 9.17) is 0 Å². The third kappa shape index (κ3) is 2.77. The topological polar surface area (TPSA) is 66.1 Å². The molecule has 130 valence electrons. The molecule has 1 aromatic heterocycles. The molecule has 1 fully saturated rings. The van der Waals surface area contributed by atoms with E-state index in [2.05, 4.69) is 28.2 Å². The van der Waals surface area contributed by atoms with Crippen LogP contribution in [-0.2, 0) is 16.6 Å². The van der Waals surface area contributed by atoms with Crippen LogP contribution in [0, 0.1) is 6.92 Å². The molecule has 1 saturated carbocycles. The summed E-state index contributed by atoms with van der Waals surface area (Å²) in [5, 5.41) is 0. The maximum Gasteiger partial charge on any atom is 0.254 e. The molecule has 1 amide bonds. The lowest BCUT2D eigenvalue weighted by molar-refractivity contribution is -0.118. The zero-order valence-corrected chi connectivity index (χ0v) is 14.5. The van der Waals surface area contributed by atoms with Crippen LogP contribution in [0.5, 0.6) is 0 Å². The molecule has 2 aromatic rings. The molecule has 0 saturated heterocycles. The number of fused-ring (bicyclic) bond motifs is 2. The fourth-order valence-electron chi connectivity index (χ4n) is 4.40. The van der Waals surface area contributed by atoms with Gasteiger partial charge >= 0.3 is 0 Å². The molecule has 0 atom stereocenters. The van der Waals surface area contributed by atoms with E-state index in [1.54, 1.807) is 13.1 Å². The van der Waals surface area contributed by atoms with E-state index in [0.29, 0.717) is 24.2 Å². The van der Waals surface area contributed by atoms with Gasteiger partial charge in [0.1, 0.15) is 5.82 Å². The minimum Gasteiger partial charge on any atom is -0.311 e. The second-order valence-electron chi connectivity index (χ2n) is 7.31. The van der Waals surface area contributed by atoms with Crippen molar-refractivity contribution in [1.82, 2.24) is 9.97 Å². The predicted molar refractivity (Wildman–Crippen MR) is 96.9 cm³/mol. The number of aromatic amines is 1. The molecule has 1 N–H and O–H groups in total. The van der Waals surface area contributed by atoms with Gasteiger partial charge in [0.05, 0.1) is 0 Å². The Morgan fingerprint density at radius 1 is 1.28 bits per heavy atom. The van der Waals surface area contributed by atoms with E-state index in [-0.39, 0.29) is 16.9 Å². The lowest BCUT2D eigenvalue weighted by atomic mass is 9.81. The number of carbonyl (C=O) groups is 1. The molecule has 1 aliphatic carbocycles. The maximum atomic E-state index is 12.9. The lowest BCUT2D eigenvalue weighted by Gasteiger charge is -2.24. The summed E-state index contributed by atoms with van der Waals surface area (Å²) in [6, 6.07) is 8.31. The van der Waals surface area contributed by atoms with E-state index in [1.807, 2.05) is 11.0 Å². The van der Waals surface area contributed by atoms with Gasteiger partial charge in [0.15, 0.2) is 0 Å². The molecule has 1 aromatic carbocycles. The fraction of sp³-hybridized carbons (Fsp3) is 0.450. The van der Waals surface area contributed by atoms with E-state index in [9.17, 15) is 9.59 Å². The average molecular weight is 337 g/mol. The van der Waals surface area contributed by atoms with Gasteiger partial charge in [0.2, 0.25) is 5.91 Å². The molecule has 1 spiro atoms. The normalized spacial score (nSPS) is 17.9. The van der Waals surface area contributed by atoms with Gasteiger partial charge in [-0.1, -0.05) is 31.0 Å². The number of H-pyrrole nitrogens is 1. The average Bonchev–Trinajstić information content (AvgIpc) is 3.21. The van der Waals surface area contributed by atoms with Crippen LogP contribution >= 0.6 is 0 Å². The third-order valence-corrected chi connectivity index (χ3v) is 5.70. The van der Waals surface area contributed by atoms with E-state index >= 15 is 0 Å². The van der Waals surface area contributed by atoms with Gasteiger partial charge in [0, 0.05) is 35.8 Å². The highest BCUT2D eigenvalue weighted by Gasteiger charge is 2.45. The number of carbonyl (C=O) groups excluding carboxylic acids is 1. The SMILES string of the molecule is Cc1ncc(CCC(=O)N2CC3(CCCC3)c3ccccc32)c(=O)[nH]1. The summed E-state index contributed by atoms with van der Waals surface area (Å²) in [5.41, 5.74) is 2.97. The second-order valence-corrected chi connectivity index (χ2v) is 7.31. The molecule has 2 aliphatic rings. The number of aromatic nitrogens is 2. The van der Waals surface area contributed by atoms with Crippen LogP contribution in [0.1, 0.15) is 49.1 Å². The number of nitrogens with zero attached hydrogens (tertiary/aromatic N) is 2. The summed E-state index contributed by atoms with van der Waals surface area (Å²) in [4.78, 5) is 33.6. The third-order valence-electron chi connectivity index (χ3n) is 5.70. The van der Waals surface area contributed by atoms with Gasteiger partial charge in [0.25, 0.3) is 5.56 Å². The molecule has 4 rings (SSSR count). The minimum atomic E-state index is -0.144. The number of benzene rings is 1. The van der Waals surface area contributed by atoms with Crippen LogP contribution < -0.4 is 10.5 Å². The Bertz CT molecular complexity index is 865. The highest BCUT2D eigenvalue weighted by molar-refractivity contribution is 5.96. The molecule has 25 heavy (non-hydrogen) atoms. The quantitative estimate of drug-likeness (QED) is 0.936. The van der Waals surface area contributed by atoms with Crippen LogP contribution in [0.2, 0.25) is 0 Å². The Hall–Kier alpha value is -2.43. The van der Waals surface area contributed by atoms with Crippen molar-refractivity contribution in [3.63, 3.8) is 0 Å². The Labute approximate surface area is 147 Å². The molecular weight excluding hydrogens is 314 g/mol. The Kier molecular flexibility index (Phi) is 3.94. The number of amides is 1. The zero-order chi connectivity index (χ0) is 17.4. The number of aryl methyl sites for hydroxylation is 2. The van der Waals surface area contributed by atoms with Gasteiger partial charge in [-0.2, -0.15) is 0 Å². The maximum absolute atomic E-state index is 12.9. The predicted octanol–water partition coefficient (Wildman–Crippen LogP) is 2.87. The minimum absolute atomic E-state index is 0.0937. The van der Waals surface area contributed by atoms with Gasteiger partial charge in [-0.05, 0) is 37.8 Å². The smallest absolute Gasteiger partial charge is 0.254 e. The van der Waals surface area contributed by atoms with Gasteiger partial charge in [-0.15, -0.1) is 0 Å². The number of nitrogens with one attached hydrogen (secondary N) is 1. The van der Waals surface area contributed by atoms with E-state index in [1.165, 1.54) is 18.4 Å². The van der Waals surface area contributed by atoms with Crippen LogP contribution in [0.15, 0.2) is 35.3 Å². The van der Waals surface area contributed by atoms with Crippen molar-refractivity contribution < 1.29 is 4.79 Å². The van der Waals surface area contributed by atoms with E-state index in [0.717, 1.165) is 25.1 Å². The van der Waals surface area contributed by atoms with Gasteiger partial charge < -0.3 is 9.88 Å². The van der Waals surface area contributed by atoms with Crippen molar-refractivity contribution in [1.29, 1.82) is 0 Å². The van der Waals surface area contributed by atoms with Crippen molar-refractivity contribution in [2.45, 2.75) is 50.9 Å². The number of para-hydroxylation sites is 1. The van der Waals surface area contributed by atoms with Crippen molar-refractivity contribution in [3.8, 4) is 0 Å². The van der Waals surface area contributed by atoms with Gasteiger partial charge in [-0.3, -0.25) is 9.59 Å². The van der Waals surface area contributed by atoms with Crippen molar-refractivity contribution in [3.05, 3.63) is 57.8 Å². The monoisotopic (exact) mass is 337 g/mol. The van der Waals surface area contributed by atoms with Crippen LogP contribution in [0.25, 0.3) is 0 Å². The van der Waals surface area contributed by atoms with Gasteiger partial charge in [-0.25, -0.2) is 4.98 Å². The largest absolute Gasteiger partial charge is 0.311 e. The lowest BCUT2D eigenvalue weighted by Crippen LogP contribution is -2.35. The zero-order valence-electron chi connectivity index (χ0n) is 14.5. The highest BCUT2D eigenvalue weighted by atomic mass is 16.2. The van der Waals surface area contributed by atoms with Crippen molar-refractivity contribution in [2.24, 2.45) is 0 Å². The van der Waals surface area contributed by atoms with Crippen molar-refractivity contribution >= 4 is 11.6 Å². The van der Waals surface area contributed by atoms with Crippen LogP contribution in [-0.4, -0.2) is 22.4 Å². The summed E-state index contributed by atoms with van der Waals surface area (Å²) >= 11 is 0. The number of anilines is 1. The summed E-state index contributed by atoms with van der Waals surface area (Å²) < 4.78 is 0. The standard InChI is InChI=1S/C20H23N3O2/c1-14-21-12-15(19(25)22-14)8-9-18(24)23-13-20(10-4-5-11-20)16-6-2-3-7-17(16)23/h2-3,6-7,12H,4-5,8-11,13H2,1H3,(H,21,22,25). The first-order chi connectivity index (χ1) is 12.1. The van der Waals surface area contributed by atoms with Crippen molar-refractivity contribution in [2.75, 3.05) is 11.4 Å². The number of hydrogen-bond donors (Lipinski definition) is 1. The molecular formula is C20H23N3O2. The molecule has 1 aliphatic heterocycles.